The number of hydrogen-bond donors (Lipinski definition) is 1. The van der Waals surface area contributed by atoms with Crippen molar-refractivity contribution in [3.8, 4) is 0 Å². The summed E-state index contributed by atoms with van der Waals surface area (Å²) in [5, 5.41) is 3.50. The van der Waals surface area contributed by atoms with Gasteiger partial charge in [-0.1, -0.05) is 38.1 Å². The third-order valence-corrected chi connectivity index (χ3v) is 4.39. The van der Waals surface area contributed by atoms with Gasteiger partial charge in [-0.2, -0.15) is 0 Å². The van der Waals surface area contributed by atoms with Crippen molar-refractivity contribution in [2.24, 2.45) is 16.8 Å². The van der Waals surface area contributed by atoms with Crippen molar-refractivity contribution in [1.29, 1.82) is 0 Å². The van der Waals surface area contributed by atoms with Gasteiger partial charge in [-0.25, -0.2) is 0 Å². The molecule has 2 rings (SSSR count). The van der Waals surface area contributed by atoms with Crippen molar-refractivity contribution in [1.82, 2.24) is 10.2 Å². The van der Waals surface area contributed by atoms with Crippen LogP contribution < -0.4 is 5.32 Å². The predicted molar refractivity (Wildman–Crippen MR) is 112 cm³/mol. The molecule has 0 radical (unpaired) electrons. The summed E-state index contributed by atoms with van der Waals surface area (Å²) in [7, 11) is 3.60. The molecule has 4 nitrogen and oxygen atoms in total. The van der Waals surface area contributed by atoms with Crippen LogP contribution in [0.5, 0.6) is 0 Å². The van der Waals surface area contributed by atoms with Gasteiger partial charge in [0.2, 0.25) is 0 Å². The monoisotopic (exact) mass is 445 g/mol. The van der Waals surface area contributed by atoms with Gasteiger partial charge in [0, 0.05) is 33.8 Å². The fraction of sp³-hybridized carbons (Fsp3) is 0.632. The number of guanidine groups is 1. The van der Waals surface area contributed by atoms with E-state index in [9.17, 15) is 0 Å². The summed E-state index contributed by atoms with van der Waals surface area (Å²) in [6.45, 7) is 8.34. The lowest BCUT2D eigenvalue weighted by molar-refractivity contribution is 0.185. The smallest absolute Gasteiger partial charge is 0.193 e. The van der Waals surface area contributed by atoms with E-state index in [2.05, 4.69) is 53.3 Å². The highest BCUT2D eigenvalue weighted by molar-refractivity contribution is 14.0. The van der Waals surface area contributed by atoms with Crippen LogP contribution >= 0.6 is 24.0 Å². The van der Waals surface area contributed by atoms with Crippen molar-refractivity contribution in [3.63, 3.8) is 0 Å². The largest absolute Gasteiger partial charge is 0.380 e. The number of ether oxygens (including phenoxy) is 1. The number of rotatable bonds is 6. The lowest BCUT2D eigenvalue weighted by Crippen LogP contribution is -2.39. The Morgan fingerprint density at radius 2 is 1.96 bits per heavy atom. The van der Waals surface area contributed by atoms with E-state index in [0.29, 0.717) is 6.61 Å². The Balaban J connectivity index is 0.00000288. The third-order valence-electron chi connectivity index (χ3n) is 4.39. The molecule has 1 unspecified atom stereocenters. The molecule has 1 fully saturated rings. The van der Waals surface area contributed by atoms with Gasteiger partial charge in [0.15, 0.2) is 5.96 Å². The van der Waals surface area contributed by atoms with E-state index < -0.39 is 0 Å². The molecule has 1 aliphatic rings. The van der Waals surface area contributed by atoms with Gasteiger partial charge in [-0.15, -0.1) is 24.0 Å². The Morgan fingerprint density at radius 1 is 1.29 bits per heavy atom. The van der Waals surface area contributed by atoms with Crippen LogP contribution in [-0.2, 0) is 17.9 Å². The molecule has 0 bridgehead atoms. The first-order chi connectivity index (χ1) is 11.1. The molecular formula is C19H32IN3O. The van der Waals surface area contributed by atoms with Crippen LogP contribution in [0, 0.1) is 11.8 Å². The van der Waals surface area contributed by atoms with Crippen LogP contribution in [0.2, 0.25) is 0 Å². The number of halogens is 1. The average Bonchev–Trinajstić information content (AvgIpc) is 2.97. The number of nitrogens with zero attached hydrogens (tertiary/aromatic N) is 2. The first-order valence-corrected chi connectivity index (χ1v) is 8.64. The molecule has 0 amide bonds. The summed E-state index contributed by atoms with van der Waals surface area (Å²) in [5.74, 6) is 2.61. The Bertz CT molecular complexity index is 502. The van der Waals surface area contributed by atoms with Crippen LogP contribution in [0.3, 0.4) is 0 Å². The first-order valence-electron chi connectivity index (χ1n) is 8.64. The second-order valence-corrected chi connectivity index (χ2v) is 6.88. The Labute approximate surface area is 164 Å². The first kappa shape index (κ1) is 21.2. The molecule has 1 aromatic carbocycles. The number of likely N-dealkylation sites (tertiary alicyclic amines) is 1. The standard InChI is InChI=1S/C19H31N3O.HI/c1-15(2)11-18-9-10-22(13-18)19(20-3)21-12-16-5-7-17(8-6-16)14-23-4;/h5-8,15,18H,9-14H2,1-4H3,(H,20,21);1H. The average molecular weight is 445 g/mol. The zero-order valence-corrected chi connectivity index (χ0v) is 17.7. The molecule has 5 heteroatoms. The van der Waals surface area contributed by atoms with Crippen LogP contribution in [0.4, 0.5) is 0 Å². The van der Waals surface area contributed by atoms with Crippen molar-refractivity contribution < 1.29 is 4.74 Å². The molecule has 0 spiro atoms. The summed E-state index contributed by atoms with van der Waals surface area (Å²) in [5.41, 5.74) is 2.47. The SMILES string of the molecule is CN=C(NCc1ccc(COC)cc1)N1CCC(CC(C)C)C1.I. The summed E-state index contributed by atoms with van der Waals surface area (Å²) in [6, 6.07) is 8.55. The fourth-order valence-corrected chi connectivity index (χ4v) is 3.32. The maximum Gasteiger partial charge on any atom is 0.193 e. The van der Waals surface area contributed by atoms with E-state index in [0.717, 1.165) is 37.4 Å². The lowest BCUT2D eigenvalue weighted by atomic mass is 9.97. The van der Waals surface area contributed by atoms with Gasteiger partial charge < -0.3 is 15.0 Å². The maximum absolute atomic E-state index is 5.15. The molecule has 0 aliphatic carbocycles. The highest BCUT2D eigenvalue weighted by Gasteiger charge is 2.25. The highest BCUT2D eigenvalue weighted by atomic mass is 127. The number of nitrogens with one attached hydrogen (secondary N) is 1. The summed E-state index contributed by atoms with van der Waals surface area (Å²) in [4.78, 5) is 6.85. The summed E-state index contributed by atoms with van der Waals surface area (Å²) >= 11 is 0. The van der Waals surface area contributed by atoms with Gasteiger partial charge in [-0.3, -0.25) is 4.99 Å². The number of benzene rings is 1. The van der Waals surface area contributed by atoms with Crippen LogP contribution in [0.15, 0.2) is 29.3 Å². The van der Waals surface area contributed by atoms with Gasteiger partial charge in [0.25, 0.3) is 0 Å². The van der Waals surface area contributed by atoms with E-state index in [1.807, 2.05) is 7.05 Å². The zero-order chi connectivity index (χ0) is 16.7. The van der Waals surface area contributed by atoms with Crippen LogP contribution in [-0.4, -0.2) is 38.1 Å². The molecular weight excluding hydrogens is 413 g/mol. The normalized spacial score (nSPS) is 18.0. The quantitative estimate of drug-likeness (QED) is 0.410. The molecule has 136 valence electrons. The van der Waals surface area contributed by atoms with Crippen LogP contribution in [0.25, 0.3) is 0 Å². The molecule has 1 aromatic rings. The topological polar surface area (TPSA) is 36.9 Å². The molecule has 1 saturated heterocycles. The summed E-state index contributed by atoms with van der Waals surface area (Å²) < 4.78 is 5.15. The molecule has 24 heavy (non-hydrogen) atoms. The van der Waals surface area contributed by atoms with Gasteiger partial charge in [0.05, 0.1) is 6.61 Å². The highest BCUT2D eigenvalue weighted by Crippen LogP contribution is 2.23. The van der Waals surface area contributed by atoms with Gasteiger partial charge >= 0.3 is 0 Å². The molecule has 1 aliphatic heterocycles. The minimum atomic E-state index is 0. The van der Waals surface area contributed by atoms with Gasteiger partial charge in [-0.05, 0) is 35.8 Å². The van der Waals surface area contributed by atoms with Crippen molar-refractivity contribution >= 4 is 29.9 Å². The van der Waals surface area contributed by atoms with Crippen molar-refractivity contribution in [2.75, 3.05) is 27.2 Å². The second-order valence-electron chi connectivity index (χ2n) is 6.88. The molecule has 0 aromatic heterocycles. The number of methoxy groups -OCH3 is 1. The van der Waals surface area contributed by atoms with E-state index >= 15 is 0 Å². The summed E-state index contributed by atoms with van der Waals surface area (Å²) in [6.07, 6.45) is 2.60. The molecule has 0 saturated carbocycles. The molecule has 1 atom stereocenters. The van der Waals surface area contributed by atoms with Gasteiger partial charge in [0.1, 0.15) is 0 Å². The van der Waals surface area contributed by atoms with E-state index in [1.54, 1.807) is 7.11 Å². The fourth-order valence-electron chi connectivity index (χ4n) is 3.32. The Hall–Kier alpha value is -0.820. The second kappa shape index (κ2) is 10.9. The zero-order valence-electron chi connectivity index (χ0n) is 15.4. The Morgan fingerprint density at radius 3 is 2.54 bits per heavy atom. The maximum atomic E-state index is 5.15. The van der Waals surface area contributed by atoms with E-state index in [1.165, 1.54) is 24.0 Å². The number of hydrogen-bond acceptors (Lipinski definition) is 2. The molecule has 1 heterocycles. The number of aliphatic imine (C=N–C) groups is 1. The lowest BCUT2D eigenvalue weighted by Gasteiger charge is -2.22. The van der Waals surface area contributed by atoms with Crippen molar-refractivity contribution in [2.45, 2.75) is 39.8 Å². The van der Waals surface area contributed by atoms with E-state index in [-0.39, 0.29) is 24.0 Å². The Kier molecular flexibility index (Phi) is 9.66. The minimum absolute atomic E-state index is 0. The van der Waals surface area contributed by atoms with E-state index in [4.69, 9.17) is 4.74 Å². The third kappa shape index (κ3) is 6.59. The molecule has 1 N–H and O–H groups in total. The van der Waals surface area contributed by atoms with Crippen LogP contribution in [0.1, 0.15) is 37.8 Å². The predicted octanol–water partition coefficient (Wildman–Crippen LogP) is 3.89. The minimum Gasteiger partial charge on any atom is -0.380 e. The van der Waals surface area contributed by atoms with Crippen molar-refractivity contribution in [3.05, 3.63) is 35.4 Å².